The largest absolute Gasteiger partial charge is 0.493 e. The topological polar surface area (TPSA) is 97.3 Å². The molecule has 2 aromatic rings. The predicted octanol–water partition coefficient (Wildman–Crippen LogP) is 6.94. The summed E-state index contributed by atoms with van der Waals surface area (Å²) in [6, 6.07) is 5.98. The number of halogens is 6. The van der Waals surface area contributed by atoms with Crippen LogP contribution in [0, 0.1) is 5.92 Å². The van der Waals surface area contributed by atoms with Gasteiger partial charge in [0.25, 0.3) is 11.5 Å². The SMILES string of the molecule is CCCc1cc(C(O)(C(F)(F)F)C(F)(F)F)cc(CC(C)C)c1OCCCCN1C(=O)NC(CC)(c2ccc3c(c2)OCCO3)C1=O. The third kappa shape index (κ3) is 6.97. The first-order chi connectivity index (χ1) is 22.0. The number of carbonyl (C=O) groups is 2. The Kier molecular flexibility index (Phi) is 10.6. The van der Waals surface area contributed by atoms with Crippen molar-refractivity contribution < 1.29 is 55.2 Å². The number of hydrogen-bond donors (Lipinski definition) is 2. The van der Waals surface area contributed by atoms with E-state index in [1.807, 2.05) is 0 Å². The highest BCUT2D eigenvalue weighted by Crippen LogP contribution is 2.51. The van der Waals surface area contributed by atoms with Crippen LogP contribution in [0.3, 0.4) is 0 Å². The minimum absolute atomic E-state index is 0.0225. The fraction of sp³-hybridized carbons (Fsp3) is 0.576. The number of urea groups is 1. The molecule has 3 amide bonds. The first-order valence-corrected chi connectivity index (χ1v) is 15.7. The van der Waals surface area contributed by atoms with Gasteiger partial charge in [0.15, 0.2) is 11.5 Å². The number of nitrogens with one attached hydrogen (secondary N) is 1. The molecule has 0 saturated carbocycles. The number of rotatable bonds is 13. The fourth-order valence-electron chi connectivity index (χ4n) is 6.01. The minimum atomic E-state index is -6.01. The summed E-state index contributed by atoms with van der Waals surface area (Å²) in [7, 11) is 0. The molecule has 1 atom stereocenters. The van der Waals surface area contributed by atoms with Crippen LogP contribution in [0.5, 0.6) is 17.2 Å². The molecule has 2 N–H and O–H groups in total. The number of alkyl halides is 6. The number of nitrogens with zero attached hydrogens (tertiary/aromatic N) is 1. The van der Waals surface area contributed by atoms with Crippen LogP contribution in [0.4, 0.5) is 31.1 Å². The second-order valence-electron chi connectivity index (χ2n) is 12.2. The Morgan fingerprint density at radius 3 is 2.19 bits per heavy atom. The van der Waals surface area contributed by atoms with Crippen molar-refractivity contribution in [3.05, 3.63) is 52.6 Å². The average Bonchev–Trinajstić information content (AvgIpc) is 3.25. The van der Waals surface area contributed by atoms with Gasteiger partial charge in [-0.2, -0.15) is 26.3 Å². The molecule has 2 aliphatic rings. The zero-order valence-corrected chi connectivity index (χ0v) is 26.7. The van der Waals surface area contributed by atoms with E-state index in [9.17, 15) is 41.0 Å². The van der Waals surface area contributed by atoms with Gasteiger partial charge < -0.3 is 24.6 Å². The smallest absolute Gasteiger partial charge is 0.430 e. The third-order valence-corrected chi connectivity index (χ3v) is 8.39. The van der Waals surface area contributed by atoms with E-state index in [1.165, 1.54) is 0 Å². The van der Waals surface area contributed by atoms with Crippen molar-refractivity contribution in [1.29, 1.82) is 0 Å². The standard InChI is InChI=1S/C33H40F6N2O6/c1-5-9-21-17-24(31(44,32(34,35)36)33(37,38)39)18-22(16-20(3)4)27(21)47-13-8-7-12-41-28(42)30(6-2,40-29(41)43)23-10-11-25-26(19-23)46-15-14-45-25/h10-11,17-20,44H,5-9,12-16H2,1-4H3,(H,40,43). The van der Waals surface area contributed by atoms with E-state index in [0.717, 1.165) is 17.0 Å². The maximum absolute atomic E-state index is 13.7. The van der Waals surface area contributed by atoms with Crippen molar-refractivity contribution in [1.82, 2.24) is 10.2 Å². The number of hydrogen-bond acceptors (Lipinski definition) is 6. The maximum atomic E-state index is 13.7. The predicted molar refractivity (Wildman–Crippen MR) is 159 cm³/mol. The summed E-state index contributed by atoms with van der Waals surface area (Å²) in [5.41, 5.74) is -6.85. The van der Waals surface area contributed by atoms with Gasteiger partial charge in [-0.05, 0) is 79.0 Å². The van der Waals surface area contributed by atoms with Gasteiger partial charge in [-0.3, -0.25) is 9.69 Å². The van der Waals surface area contributed by atoms with E-state index in [0.29, 0.717) is 49.5 Å². The summed E-state index contributed by atoms with van der Waals surface area (Å²) >= 11 is 0. The first kappa shape index (κ1) is 36.2. The van der Waals surface area contributed by atoms with Crippen LogP contribution in [0.1, 0.15) is 75.6 Å². The molecular weight excluding hydrogens is 634 g/mol. The number of ether oxygens (including phenoxy) is 3. The van der Waals surface area contributed by atoms with E-state index in [2.05, 4.69) is 5.32 Å². The van der Waals surface area contributed by atoms with Gasteiger partial charge >= 0.3 is 18.4 Å². The number of unbranched alkanes of at least 4 members (excludes halogenated alkanes) is 1. The van der Waals surface area contributed by atoms with E-state index in [4.69, 9.17) is 14.2 Å². The third-order valence-electron chi connectivity index (χ3n) is 8.39. The van der Waals surface area contributed by atoms with Gasteiger partial charge in [0, 0.05) is 12.1 Å². The lowest BCUT2D eigenvalue weighted by Crippen LogP contribution is -2.54. The molecule has 0 spiro atoms. The lowest BCUT2D eigenvalue weighted by molar-refractivity contribution is -0.376. The summed E-state index contributed by atoms with van der Waals surface area (Å²) in [5, 5.41) is 12.9. The molecule has 0 aromatic heterocycles. The van der Waals surface area contributed by atoms with Crippen LogP contribution in [0.25, 0.3) is 0 Å². The molecule has 1 saturated heterocycles. The highest BCUT2D eigenvalue weighted by atomic mass is 19.4. The first-order valence-electron chi connectivity index (χ1n) is 15.7. The highest BCUT2D eigenvalue weighted by molar-refractivity contribution is 6.07. The zero-order valence-electron chi connectivity index (χ0n) is 26.7. The maximum Gasteiger partial charge on any atom is 0.430 e. The fourth-order valence-corrected chi connectivity index (χ4v) is 6.01. The van der Waals surface area contributed by atoms with Gasteiger partial charge in [0.1, 0.15) is 24.5 Å². The van der Waals surface area contributed by atoms with E-state index < -0.39 is 41.0 Å². The van der Waals surface area contributed by atoms with Crippen LogP contribution in [-0.4, -0.2) is 60.7 Å². The second kappa shape index (κ2) is 13.8. The molecule has 0 bridgehead atoms. The van der Waals surface area contributed by atoms with Crippen LogP contribution in [-0.2, 0) is 28.8 Å². The van der Waals surface area contributed by atoms with Crippen LogP contribution in [0.2, 0.25) is 0 Å². The number of amides is 3. The Morgan fingerprint density at radius 2 is 1.60 bits per heavy atom. The molecule has 8 nitrogen and oxygen atoms in total. The summed E-state index contributed by atoms with van der Waals surface area (Å²) in [6.07, 6.45) is -10.5. The highest BCUT2D eigenvalue weighted by Gasteiger charge is 2.71. The van der Waals surface area contributed by atoms with Gasteiger partial charge in [-0.25, -0.2) is 4.79 Å². The average molecular weight is 675 g/mol. The Morgan fingerprint density at radius 1 is 0.957 bits per heavy atom. The number of aryl methyl sites for hydroxylation is 1. The Balaban J connectivity index is 1.49. The summed E-state index contributed by atoms with van der Waals surface area (Å²) in [4.78, 5) is 27.7. The Bertz CT molecular complexity index is 1450. The molecule has 260 valence electrons. The summed E-state index contributed by atoms with van der Waals surface area (Å²) in [6.45, 7) is 7.86. The van der Waals surface area contributed by atoms with E-state index in [1.54, 1.807) is 45.9 Å². The molecular formula is C33H40F6N2O6. The molecule has 1 fully saturated rings. The number of imide groups is 1. The van der Waals surface area contributed by atoms with Gasteiger partial charge in [-0.1, -0.05) is 40.2 Å². The monoisotopic (exact) mass is 674 g/mol. The normalized spacial score (nSPS) is 18.6. The number of carbonyl (C=O) groups excluding carboxylic acids is 2. The summed E-state index contributed by atoms with van der Waals surface area (Å²) in [5.74, 6) is 0.622. The molecule has 47 heavy (non-hydrogen) atoms. The van der Waals surface area contributed by atoms with Gasteiger partial charge in [-0.15, -0.1) is 0 Å². The van der Waals surface area contributed by atoms with Crippen molar-refractivity contribution in [2.24, 2.45) is 5.92 Å². The van der Waals surface area contributed by atoms with Crippen LogP contribution < -0.4 is 19.5 Å². The van der Waals surface area contributed by atoms with E-state index in [-0.39, 0.29) is 55.2 Å². The number of benzene rings is 2. The number of aliphatic hydroxyl groups is 1. The van der Waals surface area contributed by atoms with Crippen LogP contribution >= 0.6 is 0 Å². The lowest BCUT2D eigenvalue weighted by Gasteiger charge is -2.34. The van der Waals surface area contributed by atoms with Crippen molar-refractivity contribution >= 4 is 11.9 Å². The van der Waals surface area contributed by atoms with Crippen LogP contribution in [0.15, 0.2) is 30.3 Å². The molecule has 0 radical (unpaired) electrons. The quantitative estimate of drug-likeness (QED) is 0.136. The Labute approximate surface area is 269 Å². The summed E-state index contributed by atoms with van der Waals surface area (Å²) < 4.78 is 99.6. The van der Waals surface area contributed by atoms with E-state index >= 15 is 0 Å². The number of fused-ring (bicyclic) bond motifs is 1. The van der Waals surface area contributed by atoms with Gasteiger partial charge in [0.05, 0.1) is 6.61 Å². The lowest BCUT2D eigenvalue weighted by atomic mass is 9.86. The molecule has 1 unspecified atom stereocenters. The van der Waals surface area contributed by atoms with Gasteiger partial charge in [0.2, 0.25) is 0 Å². The van der Waals surface area contributed by atoms with Crippen molar-refractivity contribution in [2.45, 2.75) is 89.7 Å². The minimum Gasteiger partial charge on any atom is -0.493 e. The van der Waals surface area contributed by atoms with Crippen molar-refractivity contribution in [3.8, 4) is 17.2 Å². The molecule has 4 rings (SSSR count). The molecule has 2 aliphatic heterocycles. The molecule has 14 heteroatoms. The Hall–Kier alpha value is -3.68. The molecule has 2 aromatic carbocycles. The van der Waals surface area contributed by atoms with Crippen molar-refractivity contribution in [3.63, 3.8) is 0 Å². The second-order valence-corrected chi connectivity index (χ2v) is 12.2. The molecule has 2 heterocycles. The van der Waals surface area contributed by atoms with Crippen molar-refractivity contribution in [2.75, 3.05) is 26.4 Å². The zero-order chi connectivity index (χ0) is 34.8. The molecule has 0 aliphatic carbocycles.